The summed E-state index contributed by atoms with van der Waals surface area (Å²) in [4.78, 5) is 31.0. The summed E-state index contributed by atoms with van der Waals surface area (Å²) in [5.41, 5.74) is 1.08. The van der Waals surface area contributed by atoms with E-state index in [2.05, 4.69) is 15.0 Å². The van der Waals surface area contributed by atoms with Crippen LogP contribution in [0.25, 0.3) is 0 Å². The van der Waals surface area contributed by atoms with Gasteiger partial charge in [0.05, 0.1) is 4.90 Å². The number of benzene rings is 2. The van der Waals surface area contributed by atoms with E-state index in [9.17, 15) is 18.0 Å². The van der Waals surface area contributed by atoms with Crippen LogP contribution in [0.5, 0.6) is 0 Å². The highest BCUT2D eigenvalue weighted by Crippen LogP contribution is 2.23. The number of nitrogens with one attached hydrogen (secondary N) is 2. The predicted molar refractivity (Wildman–Crippen MR) is 128 cm³/mol. The molecule has 1 fully saturated rings. The lowest BCUT2D eigenvalue weighted by Crippen LogP contribution is -2.41. The van der Waals surface area contributed by atoms with Crippen LogP contribution in [0, 0.1) is 5.92 Å². The van der Waals surface area contributed by atoms with Crippen LogP contribution in [-0.4, -0.2) is 43.2 Å². The minimum atomic E-state index is -3.75. The van der Waals surface area contributed by atoms with Crippen molar-refractivity contribution in [1.29, 1.82) is 0 Å². The van der Waals surface area contributed by atoms with Crippen molar-refractivity contribution in [3.63, 3.8) is 0 Å². The maximum Gasteiger partial charge on any atom is 0.263 e. The molecule has 0 aliphatic carbocycles. The topological polar surface area (TPSA) is 108 Å². The molecule has 172 valence electrons. The Morgan fingerprint density at radius 1 is 1.03 bits per heavy atom. The number of aromatic nitrogens is 1. The quantitative estimate of drug-likeness (QED) is 0.525. The molecule has 0 atom stereocenters. The Labute approximate surface area is 200 Å². The van der Waals surface area contributed by atoms with Gasteiger partial charge in [-0.25, -0.2) is 13.4 Å². The van der Waals surface area contributed by atoms with Crippen molar-refractivity contribution in [2.24, 2.45) is 5.92 Å². The average Bonchev–Trinajstić information content (AvgIpc) is 3.32. The highest BCUT2D eigenvalue weighted by atomic mass is 35.5. The Kier molecular flexibility index (Phi) is 6.96. The van der Waals surface area contributed by atoms with Crippen molar-refractivity contribution in [2.75, 3.05) is 23.1 Å². The molecule has 8 nitrogen and oxygen atoms in total. The predicted octanol–water partition coefficient (Wildman–Crippen LogP) is 4.09. The number of carbonyl (C=O) groups excluding carboxylic acids is 2. The van der Waals surface area contributed by atoms with Gasteiger partial charge in [-0.15, -0.1) is 11.3 Å². The number of thiazole rings is 1. The molecule has 33 heavy (non-hydrogen) atoms. The minimum absolute atomic E-state index is 0.0738. The summed E-state index contributed by atoms with van der Waals surface area (Å²) in [5, 5.41) is 5.37. The van der Waals surface area contributed by atoms with Crippen LogP contribution in [0.1, 0.15) is 23.2 Å². The number of sulfonamides is 1. The van der Waals surface area contributed by atoms with E-state index in [1.807, 2.05) is 0 Å². The van der Waals surface area contributed by atoms with Crippen molar-refractivity contribution in [3.05, 3.63) is 70.7 Å². The second-order valence-electron chi connectivity index (χ2n) is 7.53. The van der Waals surface area contributed by atoms with E-state index in [0.717, 1.165) is 0 Å². The summed E-state index contributed by atoms with van der Waals surface area (Å²) in [6.07, 6.45) is 2.62. The number of halogens is 1. The first-order valence-corrected chi connectivity index (χ1v) is 12.9. The molecule has 0 bridgehead atoms. The standard InChI is InChI=1S/C22H21ClN4O4S2/c23-17-3-1-16(2-4-17)21(29)27-12-9-15(10-13-27)20(28)25-18-5-7-19(8-6-18)33(30,31)26-22-24-11-14-32-22/h1-8,11,14-15H,9-10,12-13H2,(H,24,26)(H,25,28). The summed E-state index contributed by atoms with van der Waals surface area (Å²) in [5.74, 6) is -0.451. The lowest BCUT2D eigenvalue weighted by atomic mass is 9.95. The number of hydrogen-bond acceptors (Lipinski definition) is 6. The number of piperidine rings is 1. The van der Waals surface area contributed by atoms with Crippen molar-refractivity contribution in [1.82, 2.24) is 9.88 Å². The van der Waals surface area contributed by atoms with Crippen LogP contribution in [0.3, 0.4) is 0 Å². The lowest BCUT2D eigenvalue weighted by Gasteiger charge is -2.31. The van der Waals surface area contributed by atoms with Crippen molar-refractivity contribution >= 4 is 55.6 Å². The zero-order valence-electron chi connectivity index (χ0n) is 17.4. The van der Waals surface area contributed by atoms with E-state index in [4.69, 9.17) is 11.6 Å². The fourth-order valence-corrected chi connectivity index (χ4v) is 5.44. The Hall–Kier alpha value is -2.95. The molecule has 4 rings (SSSR count). The highest BCUT2D eigenvalue weighted by Gasteiger charge is 2.28. The number of anilines is 2. The summed E-state index contributed by atoms with van der Waals surface area (Å²) in [7, 11) is -3.75. The number of hydrogen-bond donors (Lipinski definition) is 2. The summed E-state index contributed by atoms with van der Waals surface area (Å²) < 4.78 is 27.2. The molecule has 2 heterocycles. The highest BCUT2D eigenvalue weighted by molar-refractivity contribution is 7.93. The summed E-state index contributed by atoms with van der Waals surface area (Å²) >= 11 is 7.06. The first kappa shape index (κ1) is 23.2. The van der Waals surface area contributed by atoms with Gasteiger partial charge in [0.25, 0.3) is 15.9 Å². The number of likely N-dealkylation sites (tertiary alicyclic amines) is 1. The second-order valence-corrected chi connectivity index (χ2v) is 10.5. The molecule has 0 radical (unpaired) electrons. The third-order valence-corrected chi connectivity index (χ3v) is 7.75. The molecule has 0 saturated carbocycles. The van der Waals surface area contributed by atoms with E-state index in [1.165, 1.54) is 29.7 Å². The number of amides is 2. The van der Waals surface area contributed by atoms with Crippen LogP contribution in [-0.2, 0) is 14.8 Å². The maximum atomic E-state index is 12.7. The molecule has 1 aromatic heterocycles. The number of nitrogens with zero attached hydrogens (tertiary/aromatic N) is 2. The Morgan fingerprint density at radius 2 is 1.70 bits per heavy atom. The Morgan fingerprint density at radius 3 is 2.30 bits per heavy atom. The van der Waals surface area contributed by atoms with Crippen LogP contribution >= 0.6 is 22.9 Å². The molecule has 2 N–H and O–H groups in total. The molecule has 1 aliphatic rings. The Balaban J connectivity index is 1.31. The first-order valence-electron chi connectivity index (χ1n) is 10.2. The van der Waals surface area contributed by atoms with Gasteiger partial charge < -0.3 is 10.2 Å². The average molecular weight is 505 g/mol. The van der Waals surface area contributed by atoms with Gasteiger partial charge in [0.15, 0.2) is 5.13 Å². The van der Waals surface area contributed by atoms with E-state index < -0.39 is 10.0 Å². The fourth-order valence-electron chi connectivity index (χ4n) is 3.53. The molecular weight excluding hydrogens is 484 g/mol. The van der Waals surface area contributed by atoms with Gasteiger partial charge in [0.1, 0.15) is 0 Å². The van der Waals surface area contributed by atoms with Crippen molar-refractivity contribution < 1.29 is 18.0 Å². The van der Waals surface area contributed by atoms with Crippen LogP contribution < -0.4 is 10.0 Å². The third kappa shape index (κ3) is 5.70. The maximum absolute atomic E-state index is 12.7. The van der Waals surface area contributed by atoms with Gasteiger partial charge in [-0.1, -0.05) is 11.6 Å². The molecule has 2 amide bonds. The number of carbonyl (C=O) groups is 2. The second kappa shape index (κ2) is 9.90. The van der Waals surface area contributed by atoms with Gasteiger partial charge in [0.2, 0.25) is 5.91 Å². The monoisotopic (exact) mass is 504 g/mol. The molecular formula is C22H21ClN4O4S2. The molecule has 0 unspecified atom stereocenters. The fraction of sp³-hybridized carbons (Fsp3) is 0.227. The lowest BCUT2D eigenvalue weighted by molar-refractivity contribution is -0.121. The van der Waals surface area contributed by atoms with Crippen LogP contribution in [0.15, 0.2) is 65.0 Å². The van der Waals surface area contributed by atoms with Gasteiger partial charge in [0, 0.05) is 46.9 Å². The largest absolute Gasteiger partial charge is 0.339 e. The molecule has 0 spiro atoms. The molecule has 11 heteroatoms. The normalized spacial score (nSPS) is 14.6. The molecule has 3 aromatic rings. The van der Waals surface area contributed by atoms with Gasteiger partial charge in [-0.05, 0) is 61.4 Å². The van der Waals surface area contributed by atoms with Crippen LogP contribution in [0.2, 0.25) is 5.02 Å². The van der Waals surface area contributed by atoms with Crippen molar-refractivity contribution in [3.8, 4) is 0 Å². The molecule has 2 aromatic carbocycles. The van der Waals surface area contributed by atoms with E-state index >= 15 is 0 Å². The first-order chi connectivity index (χ1) is 15.8. The van der Waals surface area contributed by atoms with Crippen molar-refractivity contribution in [2.45, 2.75) is 17.7 Å². The zero-order chi connectivity index (χ0) is 23.4. The van der Waals surface area contributed by atoms with Gasteiger partial charge in [-0.3, -0.25) is 14.3 Å². The summed E-state index contributed by atoms with van der Waals surface area (Å²) in [6, 6.07) is 12.7. The third-order valence-electron chi connectivity index (χ3n) is 5.33. The molecule has 1 saturated heterocycles. The van der Waals surface area contributed by atoms with Gasteiger partial charge in [-0.2, -0.15) is 0 Å². The number of rotatable bonds is 6. The molecule has 1 aliphatic heterocycles. The SMILES string of the molecule is O=C(Nc1ccc(S(=O)(=O)Nc2nccs2)cc1)C1CCN(C(=O)c2ccc(Cl)cc2)CC1. The Bertz CT molecular complexity index is 1220. The zero-order valence-corrected chi connectivity index (χ0v) is 19.8. The minimum Gasteiger partial charge on any atom is -0.339 e. The van der Waals surface area contributed by atoms with E-state index in [0.29, 0.717) is 42.2 Å². The van der Waals surface area contributed by atoms with E-state index in [-0.39, 0.29) is 27.8 Å². The summed E-state index contributed by atoms with van der Waals surface area (Å²) in [6.45, 7) is 0.971. The van der Waals surface area contributed by atoms with E-state index in [1.54, 1.807) is 46.7 Å². The smallest absolute Gasteiger partial charge is 0.263 e. The van der Waals surface area contributed by atoms with Gasteiger partial charge >= 0.3 is 0 Å². The van der Waals surface area contributed by atoms with Crippen LogP contribution in [0.4, 0.5) is 10.8 Å².